The minimum Gasteiger partial charge on any atom is -0.352 e. The maximum atomic E-state index is 12.9. The monoisotopic (exact) mass is 450 g/mol. The fraction of sp³-hybridized carbons (Fsp3) is 0.182. The minimum absolute atomic E-state index is 0.0672. The quantitative estimate of drug-likeness (QED) is 0.451. The molecular weight excluding hydrogens is 431 g/mol. The van der Waals surface area contributed by atoms with Gasteiger partial charge in [-0.15, -0.1) is 0 Å². The summed E-state index contributed by atoms with van der Waals surface area (Å²) in [6, 6.07) is 14.4. The molecule has 33 heavy (non-hydrogen) atoms. The molecule has 0 fully saturated rings. The van der Waals surface area contributed by atoms with Crippen molar-refractivity contribution >= 4 is 5.91 Å². The molecule has 2 aromatic carbocycles. The Bertz CT molecular complexity index is 1390. The number of halogens is 1. The maximum Gasteiger partial charge on any atom is 0.351 e. The third-order valence-electron chi connectivity index (χ3n) is 4.82. The molecule has 1 N–H and O–H groups in total. The van der Waals surface area contributed by atoms with Crippen LogP contribution in [-0.2, 0) is 24.8 Å². The van der Waals surface area contributed by atoms with E-state index in [0.717, 1.165) is 14.8 Å². The molecule has 0 unspecified atom stereocenters. The van der Waals surface area contributed by atoms with Crippen LogP contribution in [0.4, 0.5) is 4.39 Å². The number of para-hydroxylation sites is 1. The minimum atomic E-state index is -0.670. The first-order valence-corrected chi connectivity index (χ1v) is 10.0. The van der Waals surface area contributed by atoms with Crippen LogP contribution in [0, 0.1) is 5.82 Å². The van der Waals surface area contributed by atoms with Gasteiger partial charge in [0.25, 0.3) is 5.56 Å². The Morgan fingerprint density at radius 3 is 2.55 bits per heavy atom. The second-order valence-electron chi connectivity index (χ2n) is 7.16. The Morgan fingerprint density at radius 1 is 1.09 bits per heavy atom. The number of benzene rings is 2. The van der Waals surface area contributed by atoms with Crippen molar-refractivity contribution < 1.29 is 13.7 Å². The average Bonchev–Trinajstić information content (AvgIpc) is 3.30. The molecule has 0 radical (unpaired) electrons. The summed E-state index contributed by atoms with van der Waals surface area (Å²) in [5.74, 6) is -0.545. The van der Waals surface area contributed by atoms with Gasteiger partial charge in [0.2, 0.25) is 17.6 Å². The van der Waals surface area contributed by atoms with Gasteiger partial charge in [0, 0.05) is 26.4 Å². The molecule has 0 aliphatic carbocycles. The van der Waals surface area contributed by atoms with Gasteiger partial charge in [0.15, 0.2) is 5.69 Å². The van der Waals surface area contributed by atoms with Crippen molar-refractivity contribution in [2.45, 2.75) is 19.4 Å². The van der Waals surface area contributed by atoms with Gasteiger partial charge in [-0.1, -0.05) is 35.5 Å². The van der Waals surface area contributed by atoms with E-state index in [1.165, 1.54) is 19.2 Å². The summed E-state index contributed by atoms with van der Waals surface area (Å²) in [5.41, 5.74) is -0.203. The summed E-state index contributed by atoms with van der Waals surface area (Å²) < 4.78 is 20.1. The molecule has 168 valence electrons. The molecule has 0 aliphatic rings. The number of hydrogen-bond acceptors (Lipinski definition) is 7. The van der Waals surface area contributed by atoms with E-state index in [1.807, 2.05) is 0 Å². The van der Waals surface area contributed by atoms with Crippen LogP contribution < -0.4 is 16.6 Å². The molecule has 2 aromatic heterocycles. The van der Waals surface area contributed by atoms with Crippen molar-refractivity contribution in [1.29, 1.82) is 0 Å². The zero-order valence-electron chi connectivity index (χ0n) is 17.6. The second-order valence-corrected chi connectivity index (χ2v) is 7.16. The Labute approximate surface area is 186 Å². The van der Waals surface area contributed by atoms with Crippen molar-refractivity contribution in [3.63, 3.8) is 0 Å². The van der Waals surface area contributed by atoms with Crippen molar-refractivity contribution in [2.24, 2.45) is 7.05 Å². The van der Waals surface area contributed by atoms with Crippen molar-refractivity contribution in [3.8, 4) is 17.2 Å². The van der Waals surface area contributed by atoms with E-state index in [2.05, 4.69) is 20.6 Å². The predicted molar refractivity (Wildman–Crippen MR) is 115 cm³/mol. The summed E-state index contributed by atoms with van der Waals surface area (Å²) in [4.78, 5) is 41.3. The van der Waals surface area contributed by atoms with Gasteiger partial charge < -0.3 is 9.84 Å². The summed E-state index contributed by atoms with van der Waals surface area (Å²) >= 11 is 0. The maximum absolute atomic E-state index is 12.9. The lowest BCUT2D eigenvalue weighted by Crippen LogP contribution is -2.40. The standard InChI is InChI=1S/C22H19FN6O4/c1-28-21(31)19(26-29(22(28)32)16-5-3-2-4-6-16)20-25-18(33-27-20)12-11-17(30)24-13-14-7-9-15(23)10-8-14/h2-10H,11-13H2,1H3,(H,24,30). The lowest BCUT2D eigenvalue weighted by molar-refractivity contribution is -0.121. The Balaban J connectivity index is 1.46. The van der Waals surface area contributed by atoms with Crippen LogP contribution in [0.5, 0.6) is 0 Å². The molecule has 2 heterocycles. The molecule has 4 rings (SSSR count). The van der Waals surface area contributed by atoms with Crippen molar-refractivity contribution in [2.75, 3.05) is 0 Å². The molecule has 0 spiro atoms. The van der Waals surface area contributed by atoms with Crippen molar-refractivity contribution in [1.82, 2.24) is 29.8 Å². The van der Waals surface area contributed by atoms with Gasteiger partial charge in [-0.2, -0.15) is 14.8 Å². The Kier molecular flexibility index (Phi) is 6.20. The molecule has 0 atom stereocenters. The predicted octanol–water partition coefficient (Wildman–Crippen LogP) is 1.37. The van der Waals surface area contributed by atoms with E-state index >= 15 is 0 Å². The fourth-order valence-electron chi connectivity index (χ4n) is 3.02. The molecule has 0 saturated heterocycles. The largest absolute Gasteiger partial charge is 0.352 e. The highest BCUT2D eigenvalue weighted by molar-refractivity contribution is 5.76. The van der Waals surface area contributed by atoms with Crippen LogP contribution >= 0.6 is 0 Å². The second kappa shape index (κ2) is 9.39. The van der Waals surface area contributed by atoms with Crippen LogP contribution in [-0.4, -0.2) is 30.4 Å². The van der Waals surface area contributed by atoms with E-state index in [9.17, 15) is 18.8 Å². The number of aryl methyl sites for hydroxylation is 1. The molecule has 0 aliphatic heterocycles. The van der Waals surface area contributed by atoms with Crippen LogP contribution in [0.25, 0.3) is 17.2 Å². The third kappa shape index (κ3) is 4.92. The number of nitrogens with one attached hydrogen (secondary N) is 1. The van der Waals surface area contributed by atoms with E-state index < -0.39 is 11.2 Å². The number of rotatable bonds is 7. The number of carbonyl (C=O) groups is 1. The molecule has 10 nitrogen and oxygen atoms in total. The Hall–Kier alpha value is -4.41. The van der Waals surface area contributed by atoms with E-state index in [0.29, 0.717) is 5.69 Å². The molecule has 0 bridgehead atoms. The average molecular weight is 450 g/mol. The van der Waals surface area contributed by atoms with Crippen LogP contribution in [0.1, 0.15) is 17.9 Å². The lowest BCUT2D eigenvalue weighted by Gasteiger charge is -2.07. The number of carbonyl (C=O) groups excluding carboxylic acids is 1. The summed E-state index contributed by atoms with van der Waals surface area (Å²) in [6.45, 7) is 0.259. The van der Waals surface area contributed by atoms with Crippen LogP contribution in [0.15, 0.2) is 68.7 Å². The molecule has 11 heteroatoms. The summed E-state index contributed by atoms with van der Waals surface area (Å²) in [6.07, 6.45) is 0.207. The highest BCUT2D eigenvalue weighted by atomic mass is 19.1. The van der Waals surface area contributed by atoms with Gasteiger partial charge in [-0.05, 0) is 29.8 Å². The topological polar surface area (TPSA) is 125 Å². The first-order chi connectivity index (χ1) is 15.9. The summed E-state index contributed by atoms with van der Waals surface area (Å²) in [7, 11) is 1.34. The zero-order valence-corrected chi connectivity index (χ0v) is 17.6. The third-order valence-corrected chi connectivity index (χ3v) is 4.82. The van der Waals surface area contributed by atoms with Crippen molar-refractivity contribution in [3.05, 3.63) is 92.7 Å². The Morgan fingerprint density at radius 2 is 1.82 bits per heavy atom. The first kappa shape index (κ1) is 21.8. The summed E-state index contributed by atoms with van der Waals surface area (Å²) in [5, 5.41) is 10.6. The normalized spacial score (nSPS) is 10.8. The zero-order chi connectivity index (χ0) is 23.4. The van der Waals surface area contributed by atoms with Gasteiger partial charge in [-0.3, -0.25) is 14.2 Å². The van der Waals surface area contributed by atoms with Crippen LogP contribution in [0.3, 0.4) is 0 Å². The van der Waals surface area contributed by atoms with Gasteiger partial charge in [0.1, 0.15) is 5.82 Å². The smallest absolute Gasteiger partial charge is 0.351 e. The number of hydrogen-bond donors (Lipinski definition) is 1. The molecule has 0 saturated carbocycles. The van der Waals surface area contributed by atoms with Gasteiger partial charge >= 0.3 is 5.69 Å². The van der Waals surface area contributed by atoms with Gasteiger partial charge in [-0.25, -0.2) is 9.18 Å². The number of nitrogens with zero attached hydrogens (tertiary/aromatic N) is 5. The first-order valence-electron chi connectivity index (χ1n) is 10.0. The number of aromatic nitrogens is 5. The molecular formula is C22H19FN6O4. The van der Waals surface area contributed by atoms with E-state index in [1.54, 1.807) is 42.5 Å². The number of amides is 1. The van der Waals surface area contributed by atoms with Crippen LogP contribution in [0.2, 0.25) is 0 Å². The lowest BCUT2D eigenvalue weighted by atomic mass is 10.2. The molecule has 4 aromatic rings. The molecule has 1 amide bonds. The van der Waals surface area contributed by atoms with E-state index in [4.69, 9.17) is 4.52 Å². The highest BCUT2D eigenvalue weighted by Crippen LogP contribution is 2.11. The highest BCUT2D eigenvalue weighted by Gasteiger charge is 2.19. The van der Waals surface area contributed by atoms with E-state index in [-0.39, 0.29) is 48.5 Å². The van der Waals surface area contributed by atoms with Gasteiger partial charge in [0.05, 0.1) is 5.69 Å². The fourth-order valence-corrected chi connectivity index (χ4v) is 3.02. The SMILES string of the molecule is Cn1c(=O)c(-c2noc(CCC(=O)NCc3ccc(F)cc3)n2)nn(-c2ccccc2)c1=O.